The van der Waals surface area contributed by atoms with Gasteiger partial charge in [-0.05, 0) is 42.5 Å². The van der Waals surface area contributed by atoms with Gasteiger partial charge in [-0.3, -0.25) is 14.5 Å². The summed E-state index contributed by atoms with van der Waals surface area (Å²) in [6, 6.07) is 6.22. The average molecular weight is 255 g/mol. The third-order valence-electron chi connectivity index (χ3n) is 4.58. The van der Waals surface area contributed by atoms with Gasteiger partial charge in [-0.1, -0.05) is 12.2 Å². The van der Waals surface area contributed by atoms with E-state index in [9.17, 15) is 14.7 Å². The second kappa shape index (κ2) is 3.47. The van der Waals surface area contributed by atoms with Gasteiger partial charge < -0.3 is 5.11 Å². The first kappa shape index (κ1) is 10.8. The first-order valence-corrected chi connectivity index (χ1v) is 6.52. The number of phenolic OH excluding ortho intramolecular Hbond substituents is 1. The number of aromatic hydroxyl groups is 1. The van der Waals surface area contributed by atoms with Crippen molar-refractivity contribution in [2.75, 3.05) is 4.90 Å². The fourth-order valence-electron chi connectivity index (χ4n) is 3.76. The van der Waals surface area contributed by atoms with E-state index in [-0.39, 0.29) is 41.2 Å². The van der Waals surface area contributed by atoms with Gasteiger partial charge >= 0.3 is 0 Å². The lowest BCUT2D eigenvalue weighted by molar-refractivity contribution is -0.123. The van der Waals surface area contributed by atoms with Crippen LogP contribution in [-0.2, 0) is 9.59 Å². The highest BCUT2D eigenvalue weighted by atomic mass is 16.3. The molecule has 96 valence electrons. The Morgan fingerprint density at radius 3 is 2.00 bits per heavy atom. The van der Waals surface area contributed by atoms with E-state index in [1.807, 2.05) is 0 Å². The Kier molecular flexibility index (Phi) is 1.97. The summed E-state index contributed by atoms with van der Waals surface area (Å²) in [7, 11) is 0. The SMILES string of the molecule is O=C1[C@@H]2[C@H](C(=O)N1c1ccc(O)cc1)[C@H]1C=C[C@H]2C1. The minimum absolute atomic E-state index is 0.0856. The van der Waals surface area contributed by atoms with Crippen LogP contribution < -0.4 is 4.90 Å². The van der Waals surface area contributed by atoms with Gasteiger partial charge in [-0.2, -0.15) is 0 Å². The van der Waals surface area contributed by atoms with Gasteiger partial charge in [0.15, 0.2) is 0 Å². The molecule has 0 unspecified atom stereocenters. The Morgan fingerprint density at radius 1 is 0.947 bits per heavy atom. The van der Waals surface area contributed by atoms with Crippen molar-refractivity contribution in [2.45, 2.75) is 6.42 Å². The number of fused-ring (bicyclic) bond motifs is 5. The summed E-state index contributed by atoms with van der Waals surface area (Å²) in [6.45, 7) is 0. The maximum atomic E-state index is 12.5. The molecular weight excluding hydrogens is 242 g/mol. The third kappa shape index (κ3) is 1.28. The standard InChI is InChI=1S/C15H13NO3/c17-11-5-3-10(4-6-11)16-14(18)12-8-1-2-9(7-8)13(12)15(16)19/h1-6,8-9,12-13,17H,7H2/t8-,9-,12-,13+/m0/s1. The van der Waals surface area contributed by atoms with Gasteiger partial charge in [0.05, 0.1) is 17.5 Å². The Bertz CT molecular complexity index is 574. The molecule has 19 heavy (non-hydrogen) atoms. The topological polar surface area (TPSA) is 57.6 Å². The van der Waals surface area contributed by atoms with Crippen molar-refractivity contribution in [3.8, 4) is 5.75 Å². The predicted molar refractivity (Wildman–Crippen MR) is 68.3 cm³/mol. The molecule has 1 saturated carbocycles. The molecule has 2 aliphatic carbocycles. The van der Waals surface area contributed by atoms with Crippen molar-refractivity contribution in [3.05, 3.63) is 36.4 Å². The van der Waals surface area contributed by atoms with Crippen molar-refractivity contribution in [2.24, 2.45) is 23.7 Å². The zero-order valence-electron chi connectivity index (χ0n) is 10.2. The van der Waals surface area contributed by atoms with Crippen LogP contribution in [0.5, 0.6) is 5.75 Å². The number of rotatable bonds is 1. The van der Waals surface area contributed by atoms with Gasteiger partial charge in [0.1, 0.15) is 5.75 Å². The molecule has 0 radical (unpaired) electrons. The first-order valence-electron chi connectivity index (χ1n) is 6.52. The van der Waals surface area contributed by atoms with Gasteiger partial charge in [-0.25, -0.2) is 0 Å². The lowest BCUT2D eigenvalue weighted by Gasteiger charge is -2.17. The Morgan fingerprint density at radius 2 is 1.47 bits per heavy atom. The second-order valence-electron chi connectivity index (χ2n) is 5.53. The van der Waals surface area contributed by atoms with Crippen molar-refractivity contribution < 1.29 is 14.7 Å². The molecule has 1 aromatic rings. The molecule has 1 aliphatic heterocycles. The van der Waals surface area contributed by atoms with Gasteiger partial charge in [-0.15, -0.1) is 0 Å². The Hall–Kier alpha value is -2.10. The van der Waals surface area contributed by atoms with E-state index in [0.29, 0.717) is 5.69 Å². The second-order valence-corrected chi connectivity index (χ2v) is 5.53. The van der Waals surface area contributed by atoms with Crippen molar-refractivity contribution in [1.82, 2.24) is 0 Å². The lowest BCUT2D eigenvalue weighted by atomic mass is 9.85. The fraction of sp³-hybridized carbons (Fsp3) is 0.333. The number of hydrogen-bond acceptors (Lipinski definition) is 3. The van der Waals surface area contributed by atoms with E-state index < -0.39 is 0 Å². The number of amides is 2. The molecule has 1 aromatic carbocycles. The van der Waals surface area contributed by atoms with E-state index in [4.69, 9.17) is 0 Å². The van der Waals surface area contributed by atoms with E-state index in [0.717, 1.165) is 6.42 Å². The van der Waals surface area contributed by atoms with E-state index in [1.54, 1.807) is 12.1 Å². The van der Waals surface area contributed by atoms with Gasteiger partial charge in [0.25, 0.3) is 0 Å². The van der Waals surface area contributed by atoms with Crippen molar-refractivity contribution in [3.63, 3.8) is 0 Å². The van der Waals surface area contributed by atoms with Crippen LogP contribution in [0.15, 0.2) is 36.4 Å². The molecule has 4 heteroatoms. The van der Waals surface area contributed by atoms with Crippen LogP contribution in [-0.4, -0.2) is 16.9 Å². The number of imide groups is 1. The summed E-state index contributed by atoms with van der Waals surface area (Å²) in [5.74, 6) is 0.0783. The van der Waals surface area contributed by atoms with Gasteiger partial charge in [0.2, 0.25) is 11.8 Å². The molecule has 0 aromatic heterocycles. The smallest absolute Gasteiger partial charge is 0.238 e. The summed E-state index contributed by atoms with van der Waals surface area (Å²) in [5, 5.41) is 9.29. The largest absolute Gasteiger partial charge is 0.508 e. The molecule has 0 spiro atoms. The molecule has 2 fully saturated rings. The number of benzene rings is 1. The molecule has 4 rings (SSSR count). The predicted octanol–water partition coefficient (Wildman–Crippen LogP) is 1.70. The number of anilines is 1. The average Bonchev–Trinajstić information content (AvgIpc) is 3.06. The normalized spacial score (nSPS) is 35.3. The molecule has 1 N–H and O–H groups in total. The fourth-order valence-corrected chi connectivity index (χ4v) is 3.76. The van der Waals surface area contributed by atoms with Crippen LogP contribution >= 0.6 is 0 Å². The number of carbonyl (C=O) groups is 2. The number of hydrogen-bond donors (Lipinski definition) is 1. The molecule has 4 atom stereocenters. The highest BCUT2D eigenvalue weighted by Gasteiger charge is 2.59. The zero-order valence-corrected chi connectivity index (χ0v) is 10.2. The minimum atomic E-state index is -0.170. The third-order valence-corrected chi connectivity index (χ3v) is 4.58. The molecular formula is C15H13NO3. The molecule has 2 bridgehead atoms. The summed E-state index contributed by atoms with van der Waals surface area (Å²) >= 11 is 0. The zero-order chi connectivity index (χ0) is 13.1. The monoisotopic (exact) mass is 255 g/mol. The summed E-state index contributed by atoms with van der Waals surface area (Å²) in [5.41, 5.74) is 0.557. The Balaban J connectivity index is 1.74. The molecule has 3 aliphatic rings. The lowest BCUT2D eigenvalue weighted by Crippen LogP contribution is -2.32. The number of phenols is 1. The molecule has 2 amide bonds. The molecule has 4 nitrogen and oxygen atoms in total. The van der Waals surface area contributed by atoms with Crippen LogP contribution in [0, 0.1) is 23.7 Å². The molecule has 1 saturated heterocycles. The van der Waals surface area contributed by atoms with Crippen LogP contribution in [0.2, 0.25) is 0 Å². The van der Waals surface area contributed by atoms with E-state index >= 15 is 0 Å². The summed E-state index contributed by atoms with van der Waals surface area (Å²) in [6.07, 6.45) is 5.10. The maximum absolute atomic E-state index is 12.5. The van der Waals surface area contributed by atoms with Crippen molar-refractivity contribution in [1.29, 1.82) is 0 Å². The number of nitrogens with zero attached hydrogens (tertiary/aromatic N) is 1. The Labute approximate surface area is 110 Å². The molecule has 1 heterocycles. The van der Waals surface area contributed by atoms with Crippen LogP contribution in [0.25, 0.3) is 0 Å². The quantitative estimate of drug-likeness (QED) is 0.614. The summed E-state index contributed by atoms with van der Waals surface area (Å²) in [4.78, 5) is 26.3. The van der Waals surface area contributed by atoms with Crippen LogP contribution in [0.3, 0.4) is 0 Å². The van der Waals surface area contributed by atoms with Gasteiger partial charge in [0, 0.05) is 0 Å². The highest BCUT2D eigenvalue weighted by molar-refractivity contribution is 6.22. The number of carbonyl (C=O) groups excluding carboxylic acids is 2. The highest BCUT2D eigenvalue weighted by Crippen LogP contribution is 2.53. The first-order chi connectivity index (χ1) is 9.16. The van der Waals surface area contributed by atoms with Crippen molar-refractivity contribution >= 4 is 17.5 Å². The number of allylic oxidation sites excluding steroid dienone is 2. The van der Waals surface area contributed by atoms with Crippen LogP contribution in [0.1, 0.15) is 6.42 Å². The van der Waals surface area contributed by atoms with E-state index in [2.05, 4.69) is 12.2 Å². The van der Waals surface area contributed by atoms with E-state index in [1.165, 1.54) is 17.0 Å². The van der Waals surface area contributed by atoms with Crippen LogP contribution in [0.4, 0.5) is 5.69 Å². The summed E-state index contributed by atoms with van der Waals surface area (Å²) < 4.78 is 0. The maximum Gasteiger partial charge on any atom is 0.238 e. The minimum Gasteiger partial charge on any atom is -0.508 e.